The van der Waals surface area contributed by atoms with Crippen LogP contribution in [0.5, 0.6) is 0 Å². The lowest BCUT2D eigenvalue weighted by molar-refractivity contribution is -0.201. The van der Waals surface area contributed by atoms with Crippen molar-refractivity contribution < 1.29 is 23.1 Å². The highest BCUT2D eigenvalue weighted by molar-refractivity contribution is 5.94. The van der Waals surface area contributed by atoms with Crippen LogP contribution in [0.3, 0.4) is 0 Å². The molecule has 0 radical (unpaired) electrons. The zero-order valence-corrected chi connectivity index (χ0v) is 10.0. The van der Waals surface area contributed by atoms with Crippen molar-refractivity contribution in [3.63, 3.8) is 0 Å². The monoisotopic (exact) mass is 261 g/mol. The smallest absolute Gasteiger partial charge is 0.382 e. The standard InChI is InChI=1S/C12H14F3NO2/c1-7-3-4-9(5-8(7)2)11(18)16-6-10(17)12(13,14)15/h3-5,10,17H,6H2,1-2H3,(H,16,18). The van der Waals surface area contributed by atoms with Crippen molar-refractivity contribution in [1.82, 2.24) is 5.32 Å². The Kier molecular flexibility index (Phi) is 4.34. The molecule has 1 amide bonds. The summed E-state index contributed by atoms with van der Waals surface area (Å²) in [5.74, 6) is -0.638. The van der Waals surface area contributed by atoms with Crippen LogP contribution in [-0.4, -0.2) is 29.8 Å². The highest BCUT2D eigenvalue weighted by Gasteiger charge is 2.38. The number of aliphatic hydroxyl groups excluding tert-OH is 1. The lowest BCUT2D eigenvalue weighted by atomic mass is 10.1. The number of benzene rings is 1. The van der Waals surface area contributed by atoms with Gasteiger partial charge in [0, 0.05) is 5.56 Å². The maximum atomic E-state index is 12.0. The minimum atomic E-state index is -4.73. The number of amides is 1. The van der Waals surface area contributed by atoms with Gasteiger partial charge in [-0.2, -0.15) is 13.2 Å². The van der Waals surface area contributed by atoms with E-state index in [1.807, 2.05) is 12.2 Å². The van der Waals surface area contributed by atoms with Crippen molar-refractivity contribution in [2.24, 2.45) is 0 Å². The molecule has 2 N–H and O–H groups in total. The number of aliphatic hydroxyl groups is 1. The van der Waals surface area contributed by atoms with Crippen LogP contribution in [0.1, 0.15) is 21.5 Å². The van der Waals surface area contributed by atoms with Crippen LogP contribution in [0.4, 0.5) is 13.2 Å². The number of hydrogen-bond donors (Lipinski definition) is 2. The summed E-state index contributed by atoms with van der Waals surface area (Å²) in [6, 6.07) is 4.83. The zero-order valence-electron chi connectivity index (χ0n) is 10.0. The fraction of sp³-hybridized carbons (Fsp3) is 0.417. The normalized spacial score (nSPS) is 13.2. The van der Waals surface area contributed by atoms with Crippen molar-refractivity contribution in [2.45, 2.75) is 26.1 Å². The molecule has 18 heavy (non-hydrogen) atoms. The van der Waals surface area contributed by atoms with Gasteiger partial charge < -0.3 is 10.4 Å². The molecule has 0 saturated carbocycles. The Bertz CT molecular complexity index is 443. The summed E-state index contributed by atoms with van der Waals surface area (Å²) in [4.78, 5) is 11.6. The fourth-order valence-corrected chi connectivity index (χ4v) is 1.29. The van der Waals surface area contributed by atoms with Gasteiger partial charge >= 0.3 is 6.18 Å². The number of aryl methyl sites for hydroxylation is 2. The molecule has 1 unspecified atom stereocenters. The quantitative estimate of drug-likeness (QED) is 0.873. The molecule has 100 valence electrons. The zero-order chi connectivity index (χ0) is 13.9. The van der Waals surface area contributed by atoms with E-state index in [2.05, 4.69) is 0 Å². The molecule has 3 nitrogen and oxygen atoms in total. The highest BCUT2D eigenvalue weighted by atomic mass is 19.4. The van der Waals surface area contributed by atoms with Crippen LogP contribution in [0.2, 0.25) is 0 Å². The Hall–Kier alpha value is -1.56. The molecule has 1 rings (SSSR count). The Morgan fingerprint density at radius 2 is 1.94 bits per heavy atom. The molecule has 0 aromatic heterocycles. The molecule has 6 heteroatoms. The molecular formula is C12H14F3NO2. The van der Waals surface area contributed by atoms with Gasteiger partial charge in [-0.05, 0) is 37.1 Å². The first-order valence-electron chi connectivity index (χ1n) is 5.32. The van der Waals surface area contributed by atoms with Gasteiger partial charge in [-0.3, -0.25) is 4.79 Å². The van der Waals surface area contributed by atoms with E-state index in [0.29, 0.717) is 0 Å². The first-order valence-corrected chi connectivity index (χ1v) is 5.32. The van der Waals surface area contributed by atoms with Crippen LogP contribution in [0.25, 0.3) is 0 Å². The first kappa shape index (κ1) is 14.5. The van der Waals surface area contributed by atoms with Gasteiger partial charge in [-0.15, -0.1) is 0 Å². The average Bonchev–Trinajstić information content (AvgIpc) is 2.27. The van der Waals surface area contributed by atoms with Crippen molar-refractivity contribution in [2.75, 3.05) is 6.54 Å². The largest absolute Gasteiger partial charge is 0.416 e. The number of alkyl halides is 3. The van der Waals surface area contributed by atoms with Gasteiger partial charge in [-0.25, -0.2) is 0 Å². The van der Waals surface area contributed by atoms with Crippen molar-refractivity contribution in [3.05, 3.63) is 34.9 Å². The van der Waals surface area contributed by atoms with Gasteiger partial charge in [0.1, 0.15) is 0 Å². The molecule has 0 bridgehead atoms. The summed E-state index contributed by atoms with van der Waals surface area (Å²) < 4.78 is 36.1. The van der Waals surface area contributed by atoms with Crippen LogP contribution in [0.15, 0.2) is 18.2 Å². The Morgan fingerprint density at radius 3 is 2.44 bits per heavy atom. The van der Waals surface area contributed by atoms with E-state index in [1.54, 1.807) is 19.1 Å². The number of nitrogens with one attached hydrogen (secondary N) is 1. The van der Waals surface area contributed by atoms with E-state index in [1.165, 1.54) is 6.07 Å². The maximum absolute atomic E-state index is 12.0. The summed E-state index contributed by atoms with van der Waals surface area (Å²) in [7, 11) is 0. The predicted octanol–water partition coefficient (Wildman–Crippen LogP) is 1.96. The van der Waals surface area contributed by atoms with Crippen molar-refractivity contribution in [3.8, 4) is 0 Å². The molecule has 0 heterocycles. The second-order valence-electron chi connectivity index (χ2n) is 4.07. The van der Waals surface area contributed by atoms with Crippen molar-refractivity contribution >= 4 is 5.91 Å². The first-order chi connectivity index (χ1) is 8.21. The molecule has 1 aromatic rings. The van der Waals surface area contributed by atoms with E-state index in [9.17, 15) is 18.0 Å². The summed E-state index contributed by atoms with van der Waals surface area (Å²) in [5.41, 5.74) is 2.13. The lowest BCUT2D eigenvalue weighted by Crippen LogP contribution is -2.40. The third-order valence-electron chi connectivity index (χ3n) is 2.60. The van der Waals surface area contributed by atoms with Gasteiger partial charge in [-0.1, -0.05) is 6.07 Å². The second kappa shape index (κ2) is 5.39. The third kappa shape index (κ3) is 3.73. The SMILES string of the molecule is Cc1ccc(C(=O)NCC(O)C(F)(F)F)cc1C. The molecule has 1 atom stereocenters. The number of hydrogen-bond acceptors (Lipinski definition) is 2. The number of carbonyl (C=O) groups is 1. The van der Waals surface area contributed by atoms with Gasteiger partial charge in [0.15, 0.2) is 6.10 Å². The Labute approximate surface area is 103 Å². The minimum Gasteiger partial charge on any atom is -0.382 e. The summed E-state index contributed by atoms with van der Waals surface area (Å²) >= 11 is 0. The van der Waals surface area contributed by atoms with Crippen LogP contribution >= 0.6 is 0 Å². The molecule has 0 aliphatic heterocycles. The molecule has 0 saturated heterocycles. The average molecular weight is 261 g/mol. The predicted molar refractivity (Wildman–Crippen MR) is 60.3 cm³/mol. The van der Waals surface area contributed by atoms with E-state index >= 15 is 0 Å². The van der Waals surface area contributed by atoms with Gasteiger partial charge in [0.2, 0.25) is 0 Å². The van der Waals surface area contributed by atoms with Crippen LogP contribution < -0.4 is 5.32 Å². The van der Waals surface area contributed by atoms with Gasteiger partial charge in [0.05, 0.1) is 6.54 Å². The second-order valence-corrected chi connectivity index (χ2v) is 4.07. The van der Waals surface area contributed by atoms with Crippen LogP contribution in [0, 0.1) is 13.8 Å². The molecule has 0 fully saturated rings. The number of halogens is 3. The Balaban J connectivity index is 2.63. The van der Waals surface area contributed by atoms with Crippen molar-refractivity contribution in [1.29, 1.82) is 0 Å². The molecule has 1 aromatic carbocycles. The molecular weight excluding hydrogens is 247 g/mol. The van der Waals surface area contributed by atoms with E-state index < -0.39 is 24.7 Å². The number of carbonyl (C=O) groups excluding carboxylic acids is 1. The van der Waals surface area contributed by atoms with E-state index in [0.717, 1.165) is 11.1 Å². The summed E-state index contributed by atoms with van der Waals surface area (Å²) in [6.07, 6.45) is -7.27. The summed E-state index contributed by atoms with van der Waals surface area (Å²) in [6.45, 7) is 2.82. The fourth-order valence-electron chi connectivity index (χ4n) is 1.29. The minimum absolute atomic E-state index is 0.271. The maximum Gasteiger partial charge on any atom is 0.416 e. The third-order valence-corrected chi connectivity index (χ3v) is 2.60. The highest BCUT2D eigenvalue weighted by Crippen LogP contribution is 2.19. The van der Waals surface area contributed by atoms with E-state index in [4.69, 9.17) is 5.11 Å². The topological polar surface area (TPSA) is 49.3 Å². The van der Waals surface area contributed by atoms with Crippen LogP contribution in [-0.2, 0) is 0 Å². The molecule has 0 spiro atoms. The summed E-state index contributed by atoms with van der Waals surface area (Å²) in [5, 5.41) is 10.8. The number of rotatable bonds is 3. The van der Waals surface area contributed by atoms with E-state index in [-0.39, 0.29) is 5.56 Å². The van der Waals surface area contributed by atoms with Gasteiger partial charge in [0.25, 0.3) is 5.91 Å². The molecule has 0 aliphatic carbocycles. The Morgan fingerprint density at radius 1 is 1.33 bits per heavy atom. The lowest BCUT2D eigenvalue weighted by Gasteiger charge is -2.15. The molecule has 0 aliphatic rings.